The molecule has 0 aromatic rings. The van der Waals surface area contributed by atoms with Gasteiger partial charge in [0, 0.05) is 11.8 Å². The molecule has 25 nitrogen and oxygen atoms in total. The first kappa shape index (κ1) is 82.3. The summed E-state index contributed by atoms with van der Waals surface area (Å²) in [6, 6.07) is -5.36. The van der Waals surface area contributed by atoms with E-state index in [2.05, 4.69) is 60.9 Å². The number of aliphatic hydroxyl groups excluding tert-OH is 2. The van der Waals surface area contributed by atoms with Crippen LogP contribution in [0.25, 0.3) is 0 Å². The molecule has 2 rings (SSSR count). The molecule has 2 fully saturated rings. The van der Waals surface area contributed by atoms with Crippen LogP contribution < -0.4 is 48.3 Å². The molecule has 10 atom stereocenters. The molecule has 0 aromatic heterocycles. The molecule has 0 heterocycles. The summed E-state index contributed by atoms with van der Waals surface area (Å²) < 4.78 is 9.78. The number of carbonyl (C=O) groups is 10. The zero-order valence-electron chi connectivity index (χ0n) is 55.5. The lowest BCUT2D eigenvalue weighted by molar-refractivity contribution is -0.242. The summed E-state index contributed by atoms with van der Waals surface area (Å²) in [5.41, 5.74) is 5.68. The molecule has 4 unspecified atom stereocenters. The summed E-state index contributed by atoms with van der Waals surface area (Å²) in [5.74, 6) is -5.94. The first-order chi connectivity index (χ1) is 43.2. The van der Waals surface area contributed by atoms with Gasteiger partial charge in [0.25, 0.3) is 11.8 Å². The van der Waals surface area contributed by atoms with Crippen LogP contribution >= 0.6 is 0 Å². The van der Waals surface area contributed by atoms with Crippen LogP contribution in [0, 0.1) is 23.7 Å². The van der Waals surface area contributed by atoms with Gasteiger partial charge >= 0.3 is 11.9 Å². The number of nitrogens with one attached hydrogen (secondary N) is 8. The largest absolute Gasteiger partial charge is 0.464 e. The summed E-state index contributed by atoms with van der Waals surface area (Å²) in [6.45, 7) is 16.7. The number of hydrogen-bond donors (Lipinski definition) is 12. The molecule has 0 saturated heterocycles. The second kappa shape index (κ2) is 49.9. The second-order valence-electron chi connectivity index (χ2n) is 24.3. The van der Waals surface area contributed by atoms with Gasteiger partial charge in [-0.3, -0.25) is 53.2 Å². The predicted molar refractivity (Wildman–Crippen MR) is 342 cm³/mol. The summed E-state index contributed by atoms with van der Waals surface area (Å²) in [6.07, 6.45) is 18.4. The van der Waals surface area contributed by atoms with Crippen LogP contribution in [-0.2, 0) is 62.3 Å². The lowest BCUT2D eigenvalue weighted by Gasteiger charge is -2.32. The number of esters is 2. The molecule has 90 heavy (non-hydrogen) atoms. The first-order valence-electron chi connectivity index (χ1n) is 33.8. The lowest BCUT2D eigenvalue weighted by Crippen LogP contribution is -2.59. The third-order valence-corrected chi connectivity index (χ3v) is 16.5. The number of hydrogen-bond acceptors (Lipinski definition) is 17. The summed E-state index contributed by atoms with van der Waals surface area (Å²) in [4.78, 5) is 134. The van der Waals surface area contributed by atoms with Crippen LogP contribution in [0.2, 0.25) is 0 Å². The number of carbonyl (C=O) groups excluding carboxylic acids is 10. The minimum Gasteiger partial charge on any atom is -0.464 e. The number of aliphatic hydroxyl groups is 2. The molecule has 0 aromatic carbocycles. The maximum atomic E-state index is 13.8. The smallest absolute Gasteiger partial charge is 0.325 e. The molecule has 2 aliphatic carbocycles. The van der Waals surface area contributed by atoms with Crippen molar-refractivity contribution in [3.05, 3.63) is 12.7 Å². The van der Waals surface area contributed by atoms with E-state index in [0.717, 1.165) is 96.3 Å². The monoisotopic (exact) mass is 1280 g/mol. The van der Waals surface area contributed by atoms with E-state index in [-0.39, 0.29) is 74.1 Å². The Balaban J connectivity index is 0.000000901. The van der Waals surface area contributed by atoms with E-state index < -0.39 is 103 Å². The van der Waals surface area contributed by atoms with Crippen LogP contribution in [0.15, 0.2) is 12.7 Å². The number of unbranched alkanes of at least 4 members (excludes halogenated alkanes) is 5. The van der Waals surface area contributed by atoms with Gasteiger partial charge in [0.05, 0.1) is 25.3 Å². The highest BCUT2D eigenvalue weighted by molar-refractivity contribution is 5.94. The zero-order valence-corrected chi connectivity index (χ0v) is 55.5. The third kappa shape index (κ3) is 34.1. The minimum absolute atomic E-state index is 0.0000808. The molecule has 2 saturated carbocycles. The van der Waals surface area contributed by atoms with Crippen LogP contribution in [0.4, 0.5) is 0 Å². The van der Waals surface area contributed by atoms with Crippen molar-refractivity contribution >= 4 is 59.2 Å². The van der Waals surface area contributed by atoms with E-state index >= 15 is 0 Å². The Morgan fingerprint density at radius 2 is 0.889 bits per heavy atom. The molecular formula is C65H117N9O16. The van der Waals surface area contributed by atoms with Gasteiger partial charge in [-0.15, -0.1) is 0 Å². The Hall–Kier alpha value is -5.76. The van der Waals surface area contributed by atoms with Crippen LogP contribution in [0.1, 0.15) is 228 Å². The van der Waals surface area contributed by atoms with Gasteiger partial charge in [0.2, 0.25) is 35.4 Å². The number of nitrogens with two attached hydrogens (primary N) is 1. The van der Waals surface area contributed by atoms with Gasteiger partial charge in [-0.05, 0) is 108 Å². The molecule has 0 radical (unpaired) electrons. The van der Waals surface area contributed by atoms with Gasteiger partial charge in [-0.2, -0.15) is 0 Å². The molecule has 0 spiro atoms. The highest BCUT2D eigenvalue weighted by atomic mass is 17.1. The van der Waals surface area contributed by atoms with Gasteiger partial charge in [-0.1, -0.05) is 151 Å². The van der Waals surface area contributed by atoms with Gasteiger partial charge in [0.1, 0.15) is 43.9 Å². The maximum Gasteiger partial charge on any atom is 0.325 e. The van der Waals surface area contributed by atoms with Crippen molar-refractivity contribution in [2.45, 2.75) is 277 Å². The van der Waals surface area contributed by atoms with Gasteiger partial charge < -0.3 is 68.0 Å². The Morgan fingerprint density at radius 3 is 1.29 bits per heavy atom. The van der Waals surface area contributed by atoms with Crippen LogP contribution in [0.3, 0.4) is 0 Å². The molecular weight excluding hydrogens is 1160 g/mol. The van der Waals surface area contributed by atoms with Crippen molar-refractivity contribution in [3.63, 3.8) is 0 Å². The average molecular weight is 1280 g/mol. The van der Waals surface area contributed by atoms with E-state index in [0.29, 0.717) is 77.2 Å². The standard InChI is InChI=1S/C33H58N4O7.C32H59N5O9/c1-6-10-13-20-26(31(41)35-25(16-8-3)29(39)33(43)34-22-27(38)44-21-9-4)36-32(42)28(24-18-14-12-15-19-24)37-30(40)23(5)17-11-7-2;1-4-13-24(28(39)32(43)34-21-26(38)45-19-5-2)35-30(41)25(17-9-11-18-33)36-31(42)27(23-15-7-6-8-16-23)37-29(40)22(3)14-10-12-20-46-44/h9,23-26,28-29,39H,4,6-8,10-22H2,1-3,5H3,(H,34,43)(H,35,41)(H,36,42)(H,37,40);22-25,27-28,39,44H,4-21,33H2,1-3H3,(H,34,43)(H,35,41)(H,36,42)(H,37,40)/t23-,25?,26-,28-,29?;22-,24?,25-,27-,28?/m00/s1. The highest BCUT2D eigenvalue weighted by Gasteiger charge is 2.38. The van der Waals surface area contributed by atoms with E-state index in [1.54, 1.807) is 6.92 Å². The molecule has 13 N–H and O–H groups in total. The molecule has 8 amide bonds. The van der Waals surface area contributed by atoms with Crippen LogP contribution in [0.5, 0.6) is 0 Å². The van der Waals surface area contributed by atoms with Crippen molar-refractivity contribution in [1.82, 2.24) is 42.5 Å². The van der Waals surface area contributed by atoms with Gasteiger partial charge in [0.15, 0.2) is 12.2 Å². The predicted octanol–water partition coefficient (Wildman–Crippen LogP) is 5.11. The number of rotatable bonds is 46. The Morgan fingerprint density at radius 1 is 0.467 bits per heavy atom. The first-order valence-corrected chi connectivity index (χ1v) is 33.8. The third-order valence-electron chi connectivity index (χ3n) is 16.5. The summed E-state index contributed by atoms with van der Waals surface area (Å²) in [5, 5.41) is 52.0. The lowest BCUT2D eigenvalue weighted by atomic mass is 9.83. The zero-order chi connectivity index (χ0) is 67.2. The fraction of sp³-hybridized carbons (Fsp3) is 0.815. The van der Waals surface area contributed by atoms with Crippen molar-refractivity contribution < 1.29 is 77.8 Å². The molecule has 0 aliphatic heterocycles. The SMILES string of the molecule is C=CCOC(=O)CNC(=O)C(O)C(CCC)NC(=O)[C@H](CCCCC)NC(=O)[C@@H](NC(=O)[C@@H](C)CCCC)C1CCCCC1.CCCOC(=O)CNC(=O)C(O)C(CCC)NC(=O)[C@H](CCCCN)NC(=O)[C@@H](NC(=O)[C@@H](C)CCCCOO)C1CCCCC1. The topological polar surface area (TPSA) is 381 Å². The summed E-state index contributed by atoms with van der Waals surface area (Å²) in [7, 11) is 0. The number of ether oxygens (including phenoxy) is 2. The molecule has 0 bridgehead atoms. The van der Waals surface area contributed by atoms with E-state index in [1.807, 2.05) is 34.6 Å². The minimum atomic E-state index is -1.64. The summed E-state index contributed by atoms with van der Waals surface area (Å²) >= 11 is 0. The van der Waals surface area contributed by atoms with E-state index in [4.69, 9.17) is 20.5 Å². The quantitative estimate of drug-likeness (QED) is 0.0124. The Bertz CT molecular complexity index is 2110. The average Bonchev–Trinajstić information content (AvgIpc) is 1.74. The van der Waals surface area contributed by atoms with Crippen molar-refractivity contribution in [2.75, 3.05) is 39.5 Å². The number of amides is 8. The molecule has 518 valence electrons. The second-order valence-corrected chi connectivity index (χ2v) is 24.3. The van der Waals surface area contributed by atoms with Crippen LogP contribution in [-0.4, -0.2) is 163 Å². The Labute approximate surface area is 535 Å². The Kier molecular flexibility index (Phi) is 45.6. The molecule has 2 aliphatic rings. The van der Waals surface area contributed by atoms with Crippen molar-refractivity contribution in [1.29, 1.82) is 0 Å². The van der Waals surface area contributed by atoms with Gasteiger partial charge in [-0.25, -0.2) is 4.89 Å². The van der Waals surface area contributed by atoms with Crippen molar-refractivity contribution in [3.8, 4) is 0 Å². The van der Waals surface area contributed by atoms with Crippen molar-refractivity contribution in [2.24, 2.45) is 29.4 Å². The fourth-order valence-electron chi connectivity index (χ4n) is 11.0. The van der Waals surface area contributed by atoms with E-state index in [1.165, 1.54) is 6.08 Å². The maximum absolute atomic E-state index is 13.8. The fourth-order valence-corrected chi connectivity index (χ4v) is 11.0. The van der Waals surface area contributed by atoms with E-state index in [9.17, 15) is 58.2 Å². The normalized spacial score (nSPS) is 16.8. The highest BCUT2D eigenvalue weighted by Crippen LogP contribution is 2.29. The molecule has 25 heteroatoms.